The van der Waals surface area contributed by atoms with Crippen LogP contribution in [-0.2, 0) is 14.8 Å². The molecule has 1 N–H and O–H groups in total. The Morgan fingerprint density at radius 1 is 1.10 bits per heavy atom. The number of hydrogen-bond acceptors (Lipinski definition) is 7. The number of hydrogen-bond donors (Lipinski definition) is 1. The molecule has 1 saturated carbocycles. The number of carbonyl (C=O) groups is 1. The van der Waals surface area contributed by atoms with E-state index in [2.05, 4.69) is 15.5 Å². The van der Waals surface area contributed by atoms with Gasteiger partial charge < -0.3 is 5.32 Å². The van der Waals surface area contributed by atoms with E-state index < -0.39 is 10.0 Å². The zero-order valence-corrected chi connectivity index (χ0v) is 18.8. The molecule has 2 aliphatic rings. The molecule has 1 aromatic heterocycles. The number of benzene rings is 1. The molecule has 1 aliphatic heterocycles. The number of carbonyl (C=O) groups excluding carboxylic acids is 1. The molecular formula is C21H25N5O3S2. The van der Waals surface area contributed by atoms with Gasteiger partial charge in [0.1, 0.15) is 11.1 Å². The van der Waals surface area contributed by atoms with Crippen molar-refractivity contribution in [2.24, 2.45) is 5.92 Å². The SMILES string of the molecule is N#Cc1ccccc1S(=O)(=O)N1CCC(C(=O)Nc2nnc(C3CCCCC3)s2)CC1. The topological polar surface area (TPSA) is 116 Å². The maximum Gasteiger partial charge on any atom is 0.244 e. The number of sulfonamides is 1. The Kier molecular flexibility index (Phi) is 6.65. The Balaban J connectivity index is 1.35. The Labute approximate surface area is 186 Å². The molecule has 10 heteroatoms. The monoisotopic (exact) mass is 459 g/mol. The molecule has 2 fully saturated rings. The second-order valence-electron chi connectivity index (χ2n) is 8.06. The molecule has 8 nitrogen and oxygen atoms in total. The quantitative estimate of drug-likeness (QED) is 0.731. The zero-order valence-electron chi connectivity index (χ0n) is 17.2. The van der Waals surface area contributed by atoms with E-state index in [-0.39, 0.29) is 35.4 Å². The second kappa shape index (κ2) is 9.42. The van der Waals surface area contributed by atoms with Crippen molar-refractivity contribution in [1.29, 1.82) is 5.26 Å². The van der Waals surface area contributed by atoms with Crippen molar-refractivity contribution in [3.8, 4) is 6.07 Å². The van der Waals surface area contributed by atoms with Crippen LogP contribution in [0.1, 0.15) is 61.4 Å². The van der Waals surface area contributed by atoms with Gasteiger partial charge in [-0.1, -0.05) is 42.7 Å². The Bertz CT molecular complexity index is 1080. The third-order valence-corrected chi connectivity index (χ3v) is 9.03. The zero-order chi connectivity index (χ0) is 21.8. The van der Waals surface area contributed by atoms with Crippen molar-refractivity contribution < 1.29 is 13.2 Å². The largest absolute Gasteiger partial charge is 0.300 e. The maximum absolute atomic E-state index is 12.9. The van der Waals surface area contributed by atoms with Crippen LogP contribution < -0.4 is 5.32 Å². The van der Waals surface area contributed by atoms with Gasteiger partial charge >= 0.3 is 0 Å². The van der Waals surface area contributed by atoms with Gasteiger partial charge in [-0.2, -0.15) is 9.57 Å². The lowest BCUT2D eigenvalue weighted by atomic mass is 9.90. The third-order valence-electron chi connectivity index (χ3n) is 6.08. The van der Waals surface area contributed by atoms with Crippen LogP contribution in [0.5, 0.6) is 0 Å². The first-order chi connectivity index (χ1) is 15.0. The molecule has 0 unspecified atom stereocenters. The minimum Gasteiger partial charge on any atom is -0.300 e. The van der Waals surface area contributed by atoms with E-state index in [1.165, 1.54) is 47.0 Å². The standard InChI is InChI=1S/C21H25N5O3S2/c22-14-17-8-4-5-9-18(17)31(28,29)26-12-10-15(11-13-26)19(27)23-21-25-24-20(30-21)16-6-2-1-3-7-16/h4-5,8-9,15-16H,1-3,6-7,10-13H2,(H,23,25,27). The summed E-state index contributed by atoms with van der Waals surface area (Å²) >= 11 is 1.45. The molecule has 1 saturated heterocycles. The second-order valence-corrected chi connectivity index (χ2v) is 11.0. The van der Waals surface area contributed by atoms with Crippen LogP contribution in [0.25, 0.3) is 0 Å². The lowest BCUT2D eigenvalue weighted by Crippen LogP contribution is -2.41. The highest BCUT2D eigenvalue weighted by atomic mass is 32.2. The van der Waals surface area contributed by atoms with Gasteiger partial charge in [-0.05, 0) is 37.8 Å². The summed E-state index contributed by atoms with van der Waals surface area (Å²) in [5.74, 6) is 0.0298. The van der Waals surface area contributed by atoms with Gasteiger partial charge in [0.15, 0.2) is 0 Å². The van der Waals surface area contributed by atoms with E-state index in [4.69, 9.17) is 0 Å². The highest BCUT2D eigenvalue weighted by Crippen LogP contribution is 2.35. The minimum atomic E-state index is -3.76. The summed E-state index contributed by atoms with van der Waals surface area (Å²) in [5.41, 5.74) is 0.132. The Hall–Kier alpha value is -2.35. The predicted molar refractivity (Wildman–Crippen MR) is 117 cm³/mol. The van der Waals surface area contributed by atoms with E-state index >= 15 is 0 Å². The Morgan fingerprint density at radius 2 is 1.81 bits per heavy atom. The van der Waals surface area contributed by atoms with Crippen molar-refractivity contribution in [1.82, 2.24) is 14.5 Å². The van der Waals surface area contributed by atoms with Crippen molar-refractivity contribution in [3.63, 3.8) is 0 Å². The van der Waals surface area contributed by atoms with Gasteiger partial charge in [-0.15, -0.1) is 10.2 Å². The predicted octanol–water partition coefficient (Wildman–Crippen LogP) is 3.50. The number of nitrogens with one attached hydrogen (secondary N) is 1. The van der Waals surface area contributed by atoms with Gasteiger partial charge in [0.25, 0.3) is 0 Å². The van der Waals surface area contributed by atoms with Crippen LogP contribution in [-0.4, -0.2) is 41.9 Å². The van der Waals surface area contributed by atoms with Crippen molar-refractivity contribution in [2.75, 3.05) is 18.4 Å². The lowest BCUT2D eigenvalue weighted by Gasteiger charge is -2.30. The molecule has 2 aromatic rings. The van der Waals surface area contributed by atoms with Crippen LogP contribution in [0, 0.1) is 17.2 Å². The molecule has 31 heavy (non-hydrogen) atoms. The normalized spacial score (nSPS) is 19.1. The molecule has 0 bridgehead atoms. The average molecular weight is 460 g/mol. The van der Waals surface area contributed by atoms with Crippen LogP contribution in [0.4, 0.5) is 5.13 Å². The summed E-state index contributed by atoms with van der Waals surface area (Å²) in [6.07, 6.45) is 6.81. The fourth-order valence-corrected chi connectivity index (χ4v) is 6.82. The van der Waals surface area contributed by atoms with Gasteiger partial charge in [0.2, 0.25) is 21.1 Å². The van der Waals surface area contributed by atoms with Crippen molar-refractivity contribution >= 4 is 32.4 Å². The molecule has 2 heterocycles. The number of piperidine rings is 1. The summed E-state index contributed by atoms with van der Waals surface area (Å²) in [4.78, 5) is 12.7. The average Bonchev–Trinajstić information content (AvgIpc) is 3.28. The van der Waals surface area contributed by atoms with E-state index in [0.717, 1.165) is 17.8 Å². The molecule has 4 rings (SSSR count). The first kappa shape index (κ1) is 21.9. The smallest absolute Gasteiger partial charge is 0.244 e. The number of amides is 1. The molecule has 1 amide bonds. The summed E-state index contributed by atoms with van der Waals surface area (Å²) < 4.78 is 27.3. The first-order valence-electron chi connectivity index (χ1n) is 10.6. The van der Waals surface area contributed by atoms with Crippen LogP contribution in [0.2, 0.25) is 0 Å². The van der Waals surface area contributed by atoms with Gasteiger partial charge in [0, 0.05) is 24.9 Å². The number of nitriles is 1. The van der Waals surface area contributed by atoms with Crippen molar-refractivity contribution in [2.45, 2.75) is 55.8 Å². The van der Waals surface area contributed by atoms with Crippen LogP contribution >= 0.6 is 11.3 Å². The fraction of sp³-hybridized carbons (Fsp3) is 0.524. The van der Waals surface area contributed by atoms with Gasteiger partial charge in [-0.3, -0.25) is 4.79 Å². The van der Waals surface area contributed by atoms with E-state index in [1.807, 2.05) is 6.07 Å². The van der Waals surface area contributed by atoms with Gasteiger partial charge in [-0.25, -0.2) is 8.42 Å². The number of nitrogens with zero attached hydrogens (tertiary/aromatic N) is 4. The van der Waals surface area contributed by atoms with E-state index in [0.29, 0.717) is 23.9 Å². The van der Waals surface area contributed by atoms with Gasteiger partial charge in [0.05, 0.1) is 10.5 Å². The molecule has 0 atom stereocenters. The molecule has 0 spiro atoms. The highest BCUT2D eigenvalue weighted by molar-refractivity contribution is 7.89. The molecule has 0 radical (unpaired) electrons. The first-order valence-corrected chi connectivity index (χ1v) is 12.9. The molecule has 164 valence electrons. The molecular weight excluding hydrogens is 434 g/mol. The summed E-state index contributed by atoms with van der Waals surface area (Å²) in [7, 11) is -3.76. The Morgan fingerprint density at radius 3 is 2.52 bits per heavy atom. The third kappa shape index (κ3) is 4.79. The summed E-state index contributed by atoms with van der Waals surface area (Å²) in [6, 6.07) is 8.14. The number of rotatable bonds is 5. The fourth-order valence-electron chi connectivity index (χ4n) is 4.29. The van der Waals surface area contributed by atoms with Crippen molar-refractivity contribution in [3.05, 3.63) is 34.8 Å². The lowest BCUT2D eigenvalue weighted by molar-refractivity contribution is -0.120. The maximum atomic E-state index is 12.9. The summed E-state index contributed by atoms with van der Waals surface area (Å²) in [6.45, 7) is 0.479. The van der Waals surface area contributed by atoms with Crippen LogP contribution in [0.15, 0.2) is 29.2 Å². The number of aromatic nitrogens is 2. The van der Waals surface area contributed by atoms with Crippen LogP contribution in [0.3, 0.4) is 0 Å². The van der Waals surface area contributed by atoms with E-state index in [1.54, 1.807) is 12.1 Å². The summed E-state index contributed by atoms with van der Waals surface area (Å²) in [5, 5.41) is 22.0. The molecule has 1 aliphatic carbocycles. The highest BCUT2D eigenvalue weighted by Gasteiger charge is 2.33. The molecule has 1 aromatic carbocycles. The van der Waals surface area contributed by atoms with E-state index in [9.17, 15) is 18.5 Å². The number of anilines is 1. The minimum absolute atomic E-state index is 0.0181.